The first-order valence-corrected chi connectivity index (χ1v) is 7.04. The maximum Gasteiger partial charge on any atom is 0.273 e. The highest BCUT2D eigenvalue weighted by atomic mass is 16.5. The van der Waals surface area contributed by atoms with Crippen LogP contribution in [0.1, 0.15) is 49.9 Å². The van der Waals surface area contributed by atoms with E-state index in [4.69, 9.17) is 9.63 Å². The number of carbonyl (C=O) groups excluding carboxylic acids is 1. The summed E-state index contributed by atoms with van der Waals surface area (Å²) in [6.45, 7) is 6.84. The predicted octanol–water partition coefficient (Wildman–Crippen LogP) is 1.31. The molecule has 0 spiro atoms. The lowest BCUT2D eigenvalue weighted by molar-refractivity contribution is 0.0865. The van der Waals surface area contributed by atoms with Crippen LogP contribution < -0.4 is 10.6 Å². The summed E-state index contributed by atoms with van der Waals surface area (Å²) < 4.78 is 4.83. The van der Waals surface area contributed by atoms with Gasteiger partial charge in [0.15, 0.2) is 11.5 Å². The smallest absolute Gasteiger partial charge is 0.273 e. The van der Waals surface area contributed by atoms with Crippen molar-refractivity contribution in [1.82, 2.24) is 15.8 Å². The Balaban J connectivity index is 2.76. The van der Waals surface area contributed by atoms with Crippen molar-refractivity contribution < 1.29 is 14.4 Å². The number of aliphatic hydroxyl groups is 1. The minimum atomic E-state index is -0.275. The zero-order valence-electron chi connectivity index (χ0n) is 12.7. The third kappa shape index (κ3) is 3.58. The van der Waals surface area contributed by atoms with E-state index in [0.717, 1.165) is 19.4 Å². The van der Waals surface area contributed by atoms with Gasteiger partial charge in [-0.2, -0.15) is 0 Å². The average Bonchev–Trinajstić information content (AvgIpc) is 2.93. The van der Waals surface area contributed by atoms with Crippen LogP contribution in [0.5, 0.6) is 0 Å². The van der Waals surface area contributed by atoms with Gasteiger partial charge in [-0.1, -0.05) is 19.0 Å². The number of carbonyl (C=O) groups is 1. The van der Waals surface area contributed by atoms with E-state index in [1.165, 1.54) is 6.07 Å². The largest absolute Gasteiger partial charge is 0.388 e. The molecule has 0 aliphatic rings. The Morgan fingerprint density at radius 2 is 2.15 bits per heavy atom. The Kier molecular flexibility index (Phi) is 6.16. The molecule has 1 heterocycles. The van der Waals surface area contributed by atoms with Crippen molar-refractivity contribution in [1.29, 1.82) is 0 Å². The number of rotatable bonds is 8. The molecule has 0 aliphatic carbocycles. The fourth-order valence-electron chi connectivity index (χ4n) is 2.54. The molecule has 1 unspecified atom stereocenters. The van der Waals surface area contributed by atoms with Crippen LogP contribution >= 0.6 is 0 Å². The van der Waals surface area contributed by atoms with E-state index < -0.39 is 0 Å². The zero-order chi connectivity index (χ0) is 15.2. The van der Waals surface area contributed by atoms with Crippen molar-refractivity contribution in [3.05, 3.63) is 17.5 Å². The van der Waals surface area contributed by atoms with Crippen molar-refractivity contribution in [2.45, 2.75) is 46.3 Å². The lowest BCUT2D eigenvalue weighted by Gasteiger charge is -2.38. The highest BCUT2D eigenvalue weighted by molar-refractivity contribution is 5.92. The summed E-state index contributed by atoms with van der Waals surface area (Å²) in [6.07, 6.45) is 1.93. The van der Waals surface area contributed by atoms with E-state index in [1.54, 1.807) is 0 Å². The summed E-state index contributed by atoms with van der Waals surface area (Å²) in [4.78, 5) is 12.1. The van der Waals surface area contributed by atoms with Gasteiger partial charge in [0.2, 0.25) is 0 Å². The molecule has 6 nitrogen and oxygen atoms in total. The normalized spacial score (nSPS) is 13.2. The molecule has 0 saturated carbocycles. The summed E-state index contributed by atoms with van der Waals surface area (Å²) >= 11 is 0. The molecule has 1 atom stereocenters. The van der Waals surface area contributed by atoms with Gasteiger partial charge in [0.1, 0.15) is 6.61 Å². The van der Waals surface area contributed by atoms with Crippen LogP contribution in [0, 0.1) is 5.41 Å². The fraction of sp³-hybridized carbons (Fsp3) is 0.714. The molecule has 0 fully saturated rings. The number of aliphatic hydroxyl groups excluding tert-OH is 1. The highest BCUT2D eigenvalue weighted by Crippen LogP contribution is 2.30. The molecule has 1 amide bonds. The fourth-order valence-corrected chi connectivity index (χ4v) is 2.54. The average molecular weight is 283 g/mol. The highest BCUT2D eigenvalue weighted by Gasteiger charge is 2.33. The Hall–Kier alpha value is -1.40. The van der Waals surface area contributed by atoms with Crippen molar-refractivity contribution in [2.24, 2.45) is 5.41 Å². The van der Waals surface area contributed by atoms with Gasteiger partial charge in [0.25, 0.3) is 5.91 Å². The predicted molar refractivity (Wildman–Crippen MR) is 76.3 cm³/mol. The van der Waals surface area contributed by atoms with E-state index in [2.05, 4.69) is 29.6 Å². The maximum atomic E-state index is 12.1. The van der Waals surface area contributed by atoms with Gasteiger partial charge < -0.3 is 20.3 Å². The summed E-state index contributed by atoms with van der Waals surface area (Å²) in [5.74, 6) is 0.0126. The Bertz CT molecular complexity index is 427. The van der Waals surface area contributed by atoms with Crippen LogP contribution in [0.2, 0.25) is 0 Å². The standard InChI is InChI=1S/C14H25N3O3/c1-5-14(6-2,9-15-4)10(3)16-13(19)12-7-11(8-18)20-17-12/h7,10,15,18H,5-6,8-9H2,1-4H3,(H,16,19). The van der Waals surface area contributed by atoms with E-state index in [1.807, 2.05) is 14.0 Å². The molecular weight excluding hydrogens is 258 g/mol. The van der Waals surface area contributed by atoms with Crippen molar-refractivity contribution >= 4 is 5.91 Å². The molecule has 1 aromatic heterocycles. The molecule has 0 aliphatic heterocycles. The Labute approximate surface area is 119 Å². The Morgan fingerprint density at radius 1 is 1.50 bits per heavy atom. The molecule has 0 aromatic carbocycles. The zero-order valence-corrected chi connectivity index (χ0v) is 12.7. The molecule has 20 heavy (non-hydrogen) atoms. The van der Waals surface area contributed by atoms with Crippen LogP contribution in [-0.4, -0.2) is 35.8 Å². The van der Waals surface area contributed by atoms with E-state index in [0.29, 0.717) is 0 Å². The van der Waals surface area contributed by atoms with Gasteiger partial charge >= 0.3 is 0 Å². The Morgan fingerprint density at radius 3 is 2.60 bits per heavy atom. The van der Waals surface area contributed by atoms with Gasteiger partial charge in [-0.3, -0.25) is 4.79 Å². The summed E-state index contributed by atoms with van der Waals surface area (Å²) in [5.41, 5.74) is 0.208. The summed E-state index contributed by atoms with van der Waals surface area (Å²) in [6, 6.07) is 1.46. The molecule has 3 N–H and O–H groups in total. The monoisotopic (exact) mass is 283 g/mol. The minimum absolute atomic E-state index is 0.00623. The van der Waals surface area contributed by atoms with E-state index in [9.17, 15) is 4.79 Å². The third-order valence-corrected chi connectivity index (χ3v) is 4.15. The maximum absolute atomic E-state index is 12.1. The second-order valence-corrected chi connectivity index (χ2v) is 5.13. The van der Waals surface area contributed by atoms with Gasteiger partial charge in [-0.05, 0) is 26.8 Å². The number of nitrogens with zero attached hydrogens (tertiary/aromatic N) is 1. The van der Waals surface area contributed by atoms with Crippen LogP contribution in [0.15, 0.2) is 10.6 Å². The van der Waals surface area contributed by atoms with Gasteiger partial charge in [-0.15, -0.1) is 0 Å². The number of aromatic nitrogens is 1. The van der Waals surface area contributed by atoms with Crippen molar-refractivity contribution in [3.63, 3.8) is 0 Å². The molecule has 0 saturated heterocycles. The first-order valence-electron chi connectivity index (χ1n) is 7.04. The molecule has 0 radical (unpaired) electrons. The van der Waals surface area contributed by atoms with Gasteiger partial charge in [0.05, 0.1) is 0 Å². The first-order chi connectivity index (χ1) is 9.52. The molecule has 0 bridgehead atoms. The second-order valence-electron chi connectivity index (χ2n) is 5.13. The van der Waals surface area contributed by atoms with Crippen molar-refractivity contribution in [2.75, 3.05) is 13.6 Å². The van der Waals surface area contributed by atoms with Crippen molar-refractivity contribution in [3.8, 4) is 0 Å². The summed E-state index contributed by atoms with van der Waals surface area (Å²) in [7, 11) is 1.92. The van der Waals surface area contributed by atoms with Crippen LogP contribution in [0.4, 0.5) is 0 Å². The molecule has 6 heteroatoms. The SMILES string of the molecule is CCC(CC)(CNC)C(C)NC(=O)c1cc(CO)on1. The lowest BCUT2D eigenvalue weighted by Crippen LogP contribution is -2.50. The van der Waals surface area contributed by atoms with E-state index in [-0.39, 0.29) is 35.4 Å². The first kappa shape index (κ1) is 16.7. The molecule has 114 valence electrons. The molecule has 1 rings (SSSR count). The minimum Gasteiger partial charge on any atom is -0.388 e. The molecule has 1 aromatic rings. The quantitative estimate of drug-likeness (QED) is 0.669. The number of nitrogens with one attached hydrogen (secondary N) is 2. The van der Waals surface area contributed by atoms with Crippen LogP contribution in [0.25, 0.3) is 0 Å². The van der Waals surface area contributed by atoms with Gasteiger partial charge in [0, 0.05) is 24.1 Å². The van der Waals surface area contributed by atoms with Crippen LogP contribution in [0.3, 0.4) is 0 Å². The van der Waals surface area contributed by atoms with Gasteiger partial charge in [-0.25, -0.2) is 0 Å². The molecular formula is C14H25N3O3. The topological polar surface area (TPSA) is 87.4 Å². The summed E-state index contributed by atoms with van der Waals surface area (Å²) in [5, 5.41) is 18.8. The number of hydrogen-bond acceptors (Lipinski definition) is 5. The second kappa shape index (κ2) is 7.40. The van der Waals surface area contributed by atoms with E-state index >= 15 is 0 Å². The van der Waals surface area contributed by atoms with Crippen LogP contribution in [-0.2, 0) is 6.61 Å². The third-order valence-electron chi connectivity index (χ3n) is 4.15. The number of hydrogen-bond donors (Lipinski definition) is 3. The lowest BCUT2D eigenvalue weighted by atomic mass is 9.76. The number of amides is 1.